The van der Waals surface area contributed by atoms with E-state index in [1.807, 2.05) is 42.5 Å². The van der Waals surface area contributed by atoms with Crippen LogP contribution in [0, 0.1) is 0 Å². The minimum Gasteiger partial charge on any atom is -0.341 e. The van der Waals surface area contributed by atoms with Crippen LogP contribution in [0.1, 0.15) is 16.5 Å². The number of carbonyl (C=O) groups excluding carboxylic acids is 2. The van der Waals surface area contributed by atoms with Crippen molar-refractivity contribution in [3.05, 3.63) is 69.9 Å². The van der Waals surface area contributed by atoms with Crippen LogP contribution >= 0.6 is 22.9 Å². The first-order valence-corrected chi connectivity index (χ1v) is 9.01. The van der Waals surface area contributed by atoms with Gasteiger partial charge in [-0.1, -0.05) is 48.5 Å². The molecule has 1 heterocycles. The van der Waals surface area contributed by atoms with Gasteiger partial charge in [0.05, 0.1) is 15.8 Å². The van der Waals surface area contributed by atoms with Gasteiger partial charge in [0.2, 0.25) is 0 Å². The number of amides is 3. The van der Waals surface area contributed by atoms with Crippen LogP contribution in [0.4, 0.5) is 4.79 Å². The van der Waals surface area contributed by atoms with Crippen LogP contribution < -0.4 is 15.5 Å². The third kappa shape index (κ3) is 5.42. The highest BCUT2D eigenvalue weighted by Gasteiger charge is 2.32. The monoisotopic (exact) mass is 378 g/mol. The van der Waals surface area contributed by atoms with Crippen molar-refractivity contribution in [3.63, 3.8) is 0 Å². The van der Waals surface area contributed by atoms with E-state index in [-0.39, 0.29) is 5.91 Å². The average molecular weight is 379 g/mol. The van der Waals surface area contributed by atoms with Gasteiger partial charge in [-0.3, -0.25) is 10.1 Å². The third-order valence-electron chi connectivity index (χ3n) is 3.70. The van der Waals surface area contributed by atoms with Crippen molar-refractivity contribution >= 4 is 34.9 Å². The maximum atomic E-state index is 12.8. The van der Waals surface area contributed by atoms with Gasteiger partial charge in [-0.05, 0) is 18.2 Å². The number of quaternary nitrogens is 1. The van der Waals surface area contributed by atoms with Crippen LogP contribution in [0.5, 0.6) is 0 Å². The molecule has 0 fully saturated rings. The molecular weight excluding hydrogens is 358 g/mol. The van der Waals surface area contributed by atoms with Gasteiger partial charge in [-0.15, -0.1) is 11.3 Å². The summed E-state index contributed by atoms with van der Waals surface area (Å²) in [4.78, 5) is 26.4. The summed E-state index contributed by atoms with van der Waals surface area (Å²) < 4.78 is 0.707. The molecule has 7 heteroatoms. The van der Waals surface area contributed by atoms with E-state index >= 15 is 0 Å². The fourth-order valence-corrected chi connectivity index (χ4v) is 3.75. The molecule has 25 heavy (non-hydrogen) atoms. The second kappa shape index (κ2) is 9.36. The topological polar surface area (TPSA) is 62.6 Å². The maximum Gasteiger partial charge on any atom is 0.321 e. The Kier molecular flexibility index (Phi) is 7.18. The lowest BCUT2D eigenvalue weighted by molar-refractivity contribution is -0.929. The minimum atomic E-state index is -0.544. The molecule has 0 aliphatic carbocycles. The smallest absolute Gasteiger partial charge is 0.321 e. The first kappa shape index (κ1) is 19.2. The molecule has 5 nitrogen and oxygen atoms in total. The van der Waals surface area contributed by atoms with E-state index in [9.17, 15) is 9.59 Å². The van der Waals surface area contributed by atoms with Crippen LogP contribution in [0.3, 0.4) is 0 Å². The van der Waals surface area contributed by atoms with E-state index in [0.29, 0.717) is 17.4 Å². The van der Waals surface area contributed by atoms with Crippen molar-refractivity contribution in [2.75, 3.05) is 13.6 Å². The van der Waals surface area contributed by atoms with E-state index < -0.39 is 12.1 Å². The fraction of sp³-hybridized carbons (Fsp3) is 0.222. The summed E-state index contributed by atoms with van der Waals surface area (Å²) in [5, 5.41) is 4.80. The van der Waals surface area contributed by atoms with Crippen molar-refractivity contribution in [2.24, 2.45) is 0 Å². The van der Waals surface area contributed by atoms with Crippen molar-refractivity contribution < 1.29 is 14.5 Å². The average Bonchev–Trinajstić information content (AvgIpc) is 3.01. The summed E-state index contributed by atoms with van der Waals surface area (Å²) in [6, 6.07) is 12.1. The zero-order valence-electron chi connectivity index (χ0n) is 13.9. The summed E-state index contributed by atoms with van der Waals surface area (Å²) in [5.41, 5.74) is 0.836. The van der Waals surface area contributed by atoms with Gasteiger partial charge in [0, 0.05) is 12.6 Å². The largest absolute Gasteiger partial charge is 0.341 e. The lowest BCUT2D eigenvalue weighted by atomic mass is 10.0. The number of halogens is 1. The molecule has 1 aromatic heterocycles. The van der Waals surface area contributed by atoms with Gasteiger partial charge in [0.15, 0.2) is 6.04 Å². The van der Waals surface area contributed by atoms with E-state index in [0.717, 1.165) is 15.3 Å². The number of rotatable bonds is 7. The summed E-state index contributed by atoms with van der Waals surface area (Å²) in [5.74, 6) is -0.356. The van der Waals surface area contributed by atoms with Gasteiger partial charge in [0.1, 0.15) is 6.54 Å². The van der Waals surface area contributed by atoms with Crippen LogP contribution in [-0.2, 0) is 11.3 Å². The Morgan fingerprint density at radius 2 is 2.00 bits per heavy atom. The molecule has 132 valence electrons. The van der Waals surface area contributed by atoms with Crippen LogP contribution in [-0.4, -0.2) is 25.5 Å². The number of urea groups is 1. The quantitative estimate of drug-likeness (QED) is 0.646. The van der Waals surface area contributed by atoms with Crippen LogP contribution in [0.2, 0.25) is 4.34 Å². The predicted molar refractivity (Wildman–Crippen MR) is 101 cm³/mol. The van der Waals surface area contributed by atoms with Crippen LogP contribution in [0.15, 0.2) is 55.1 Å². The van der Waals surface area contributed by atoms with Gasteiger partial charge in [-0.2, -0.15) is 0 Å². The molecule has 2 rings (SSSR count). The first-order valence-electron chi connectivity index (χ1n) is 7.82. The number of hydrogen-bond donors (Lipinski definition) is 3. The molecule has 0 radical (unpaired) electrons. The number of nitrogens with one attached hydrogen (secondary N) is 3. The Morgan fingerprint density at radius 3 is 2.56 bits per heavy atom. The highest BCUT2D eigenvalue weighted by molar-refractivity contribution is 7.16. The SMILES string of the molecule is C=CC[NH+](Cc1ccc(Cl)s1)[C@H](C(=O)NC(=O)NC)c1ccccc1. The zero-order valence-corrected chi connectivity index (χ0v) is 15.5. The molecule has 2 atom stereocenters. The summed E-state index contributed by atoms with van der Waals surface area (Å²) in [7, 11) is 1.47. The third-order valence-corrected chi connectivity index (χ3v) is 4.93. The first-order chi connectivity index (χ1) is 12.0. The molecule has 0 aliphatic rings. The molecule has 0 aliphatic heterocycles. The molecule has 1 aromatic carbocycles. The number of imide groups is 1. The highest BCUT2D eigenvalue weighted by atomic mass is 35.5. The van der Waals surface area contributed by atoms with Crippen LogP contribution in [0.25, 0.3) is 0 Å². The molecule has 3 N–H and O–H groups in total. The number of carbonyl (C=O) groups is 2. The highest BCUT2D eigenvalue weighted by Crippen LogP contribution is 2.21. The summed E-state index contributed by atoms with van der Waals surface area (Å²) in [6.07, 6.45) is 1.77. The molecule has 0 bridgehead atoms. The normalized spacial score (nSPS) is 12.9. The zero-order chi connectivity index (χ0) is 18.2. The van der Waals surface area contributed by atoms with Crippen molar-refractivity contribution in [3.8, 4) is 0 Å². The summed E-state index contributed by atoms with van der Waals surface area (Å²) >= 11 is 7.51. The Balaban J connectivity index is 2.33. The number of benzene rings is 1. The lowest BCUT2D eigenvalue weighted by Crippen LogP contribution is -3.12. The molecule has 2 aromatic rings. The predicted octanol–water partition coefficient (Wildman–Crippen LogP) is 2.17. The second-order valence-corrected chi connectivity index (χ2v) is 7.25. The molecular formula is C18H21ClN3O2S+. The van der Waals surface area contributed by atoms with Crippen molar-refractivity contribution in [2.45, 2.75) is 12.6 Å². The molecule has 1 unspecified atom stereocenters. The van der Waals surface area contributed by atoms with Crippen molar-refractivity contribution in [1.82, 2.24) is 10.6 Å². The number of thiophene rings is 1. The Labute approximate surface area is 156 Å². The Morgan fingerprint density at radius 1 is 1.28 bits per heavy atom. The van der Waals surface area contributed by atoms with Gasteiger partial charge < -0.3 is 10.2 Å². The minimum absolute atomic E-state index is 0.356. The Hall–Kier alpha value is -2.15. The fourth-order valence-electron chi connectivity index (χ4n) is 2.61. The lowest BCUT2D eigenvalue weighted by Gasteiger charge is -2.26. The number of hydrogen-bond acceptors (Lipinski definition) is 3. The standard InChI is InChI=1S/C18H20ClN3O2S/c1-3-11-22(12-14-9-10-15(19)25-14)16(13-7-5-4-6-8-13)17(23)21-18(24)20-2/h3-10,16H,1,11-12H2,2H3,(H2,20,21,23,24)/p+1/t16-/m0/s1. The molecule has 0 saturated carbocycles. The van der Waals surface area contributed by atoms with Gasteiger partial charge >= 0.3 is 6.03 Å². The second-order valence-electron chi connectivity index (χ2n) is 5.45. The summed E-state index contributed by atoms with van der Waals surface area (Å²) in [6.45, 7) is 4.97. The molecule has 0 spiro atoms. The van der Waals surface area contributed by atoms with E-state index in [1.165, 1.54) is 18.4 Å². The van der Waals surface area contributed by atoms with E-state index in [1.54, 1.807) is 6.08 Å². The van der Waals surface area contributed by atoms with E-state index in [4.69, 9.17) is 11.6 Å². The Bertz CT molecular complexity index is 733. The van der Waals surface area contributed by atoms with Gasteiger partial charge in [0.25, 0.3) is 5.91 Å². The molecule has 0 saturated heterocycles. The molecule has 3 amide bonds. The van der Waals surface area contributed by atoms with E-state index in [2.05, 4.69) is 17.2 Å². The maximum absolute atomic E-state index is 12.8. The van der Waals surface area contributed by atoms with Gasteiger partial charge in [-0.25, -0.2) is 4.79 Å². The van der Waals surface area contributed by atoms with Crippen molar-refractivity contribution in [1.29, 1.82) is 0 Å².